The molecular weight excluding hydrogens is 386 g/mol. The maximum Gasteiger partial charge on any atom is 0.251 e. The zero-order valence-electron chi connectivity index (χ0n) is 14.4. The molecule has 1 N–H and O–H groups in total. The summed E-state index contributed by atoms with van der Waals surface area (Å²) in [5.41, 5.74) is 2.67. The van der Waals surface area contributed by atoms with E-state index in [0.29, 0.717) is 9.77 Å². The molecule has 0 bridgehead atoms. The van der Waals surface area contributed by atoms with Crippen LogP contribution in [0.1, 0.15) is 31.6 Å². The Morgan fingerprint density at radius 3 is 2.38 bits per heavy atom. The second kappa shape index (κ2) is 7.73. The highest BCUT2D eigenvalue weighted by Gasteiger charge is 2.31. The molecule has 0 saturated heterocycles. The molecule has 1 amide bonds. The molecule has 4 nitrogen and oxygen atoms in total. The molecular formula is C19H19NO3S3. The highest BCUT2D eigenvalue weighted by Crippen LogP contribution is 2.33. The van der Waals surface area contributed by atoms with Crippen molar-refractivity contribution in [1.82, 2.24) is 5.32 Å². The van der Waals surface area contributed by atoms with Crippen molar-refractivity contribution in [2.45, 2.75) is 23.3 Å². The molecule has 26 heavy (non-hydrogen) atoms. The van der Waals surface area contributed by atoms with Crippen molar-refractivity contribution in [3.05, 3.63) is 74.8 Å². The first-order valence-electron chi connectivity index (χ1n) is 8.06. The topological polar surface area (TPSA) is 63.2 Å². The lowest BCUT2D eigenvalue weighted by molar-refractivity contribution is 0.0953. The van der Waals surface area contributed by atoms with Gasteiger partial charge in [-0.3, -0.25) is 4.79 Å². The summed E-state index contributed by atoms with van der Waals surface area (Å²) in [6.45, 7) is 3.96. The summed E-state index contributed by atoms with van der Waals surface area (Å²) in [4.78, 5) is 13.2. The third kappa shape index (κ3) is 3.90. The summed E-state index contributed by atoms with van der Waals surface area (Å²) in [5.74, 6) is -0.268. The highest BCUT2D eigenvalue weighted by molar-refractivity contribution is 7.93. The molecule has 7 heteroatoms. The van der Waals surface area contributed by atoms with E-state index in [0.717, 1.165) is 16.0 Å². The number of hydrogen-bond donors (Lipinski definition) is 1. The van der Waals surface area contributed by atoms with E-state index in [4.69, 9.17) is 0 Å². The molecule has 1 atom stereocenters. The normalized spacial score (nSPS) is 12.7. The summed E-state index contributed by atoms with van der Waals surface area (Å²) in [5, 5.41) is 5.59. The number of sulfone groups is 1. The number of amides is 1. The Balaban J connectivity index is 1.83. The van der Waals surface area contributed by atoms with E-state index in [-0.39, 0.29) is 12.5 Å². The zero-order chi connectivity index (χ0) is 18.7. The second-order valence-electron chi connectivity index (χ2n) is 5.99. The van der Waals surface area contributed by atoms with E-state index in [1.54, 1.807) is 29.6 Å². The van der Waals surface area contributed by atoms with Gasteiger partial charge in [0.05, 0.1) is 0 Å². The molecule has 136 valence electrons. The minimum absolute atomic E-state index is 0.0342. The lowest BCUT2D eigenvalue weighted by Gasteiger charge is -2.16. The standard InChI is InChI=1S/C19H19NO3S3/c1-13-7-8-15(11-14(13)2)19(21)20-12-17(16-5-3-9-24-16)26(22,23)18-6-4-10-25-18/h3-11,17H,12H2,1-2H3,(H,20,21)/t17-/m0/s1. The molecule has 2 aromatic heterocycles. The number of benzene rings is 1. The van der Waals surface area contributed by atoms with E-state index in [1.807, 2.05) is 37.4 Å². The predicted octanol–water partition coefficient (Wildman–Crippen LogP) is 4.37. The molecule has 3 rings (SSSR count). The molecule has 1 aromatic carbocycles. The molecule has 0 aliphatic rings. The zero-order valence-corrected chi connectivity index (χ0v) is 16.9. The molecule has 2 heterocycles. The van der Waals surface area contributed by atoms with Crippen molar-refractivity contribution in [3.8, 4) is 0 Å². The first kappa shape index (κ1) is 18.8. The lowest BCUT2D eigenvalue weighted by Crippen LogP contribution is -2.31. The number of carbonyl (C=O) groups is 1. The van der Waals surface area contributed by atoms with Crippen LogP contribution in [-0.4, -0.2) is 20.9 Å². The molecule has 0 radical (unpaired) electrons. The Hall–Kier alpha value is -1.96. The van der Waals surface area contributed by atoms with E-state index in [2.05, 4.69) is 5.32 Å². The number of aryl methyl sites for hydroxylation is 2. The van der Waals surface area contributed by atoms with Crippen LogP contribution in [0.25, 0.3) is 0 Å². The molecule has 0 unspecified atom stereocenters. The first-order valence-corrected chi connectivity index (χ1v) is 11.4. The van der Waals surface area contributed by atoms with Crippen molar-refractivity contribution < 1.29 is 13.2 Å². The van der Waals surface area contributed by atoms with Crippen LogP contribution >= 0.6 is 22.7 Å². The van der Waals surface area contributed by atoms with E-state index < -0.39 is 15.1 Å². The second-order valence-corrected chi connectivity index (χ2v) is 10.3. The summed E-state index contributed by atoms with van der Waals surface area (Å²) < 4.78 is 26.3. The van der Waals surface area contributed by atoms with Gasteiger partial charge in [-0.15, -0.1) is 22.7 Å². The number of nitrogens with one attached hydrogen (secondary N) is 1. The van der Waals surface area contributed by atoms with Gasteiger partial charge < -0.3 is 5.32 Å². The Bertz CT molecular complexity index is 991. The average Bonchev–Trinajstić information content (AvgIpc) is 3.30. The summed E-state index contributed by atoms with van der Waals surface area (Å²) >= 11 is 2.57. The van der Waals surface area contributed by atoms with Crippen molar-refractivity contribution in [1.29, 1.82) is 0 Å². The molecule has 0 aliphatic heterocycles. The van der Waals surface area contributed by atoms with Crippen LogP contribution in [0.5, 0.6) is 0 Å². The van der Waals surface area contributed by atoms with Crippen LogP contribution in [0.3, 0.4) is 0 Å². The van der Waals surface area contributed by atoms with Crippen LogP contribution in [-0.2, 0) is 9.84 Å². The van der Waals surface area contributed by atoms with Gasteiger partial charge in [-0.2, -0.15) is 0 Å². The molecule has 3 aromatic rings. The largest absolute Gasteiger partial charge is 0.350 e. The molecule has 0 spiro atoms. The fourth-order valence-corrected chi connectivity index (χ4v) is 6.56. The minimum Gasteiger partial charge on any atom is -0.350 e. The summed E-state index contributed by atoms with van der Waals surface area (Å²) in [6.07, 6.45) is 0. The third-order valence-electron chi connectivity index (χ3n) is 4.23. The van der Waals surface area contributed by atoms with Gasteiger partial charge in [0, 0.05) is 17.0 Å². The minimum atomic E-state index is -3.56. The van der Waals surface area contributed by atoms with Gasteiger partial charge in [0.2, 0.25) is 0 Å². The summed E-state index contributed by atoms with van der Waals surface area (Å²) in [6, 6.07) is 12.4. The van der Waals surface area contributed by atoms with E-state index in [9.17, 15) is 13.2 Å². The van der Waals surface area contributed by atoms with Gasteiger partial charge in [0.25, 0.3) is 5.91 Å². The Morgan fingerprint density at radius 1 is 1.04 bits per heavy atom. The van der Waals surface area contributed by atoms with Crippen LogP contribution in [0.15, 0.2) is 57.4 Å². The van der Waals surface area contributed by atoms with Crippen molar-refractivity contribution in [2.24, 2.45) is 0 Å². The number of thiophene rings is 2. The van der Waals surface area contributed by atoms with Crippen molar-refractivity contribution in [3.63, 3.8) is 0 Å². The third-order valence-corrected chi connectivity index (χ3v) is 8.88. The molecule has 0 aliphatic carbocycles. The van der Waals surface area contributed by atoms with Crippen molar-refractivity contribution >= 4 is 38.4 Å². The van der Waals surface area contributed by atoms with Gasteiger partial charge in [0.1, 0.15) is 9.46 Å². The maximum absolute atomic E-state index is 13.0. The molecule has 0 saturated carbocycles. The van der Waals surface area contributed by atoms with Crippen LogP contribution in [0.4, 0.5) is 0 Å². The Kier molecular flexibility index (Phi) is 5.60. The van der Waals surface area contributed by atoms with Gasteiger partial charge >= 0.3 is 0 Å². The molecule has 0 fully saturated rings. The summed E-state index contributed by atoms with van der Waals surface area (Å²) in [7, 11) is -3.56. The fraction of sp³-hybridized carbons (Fsp3) is 0.211. The van der Waals surface area contributed by atoms with E-state index in [1.165, 1.54) is 22.7 Å². The predicted molar refractivity (Wildman–Crippen MR) is 107 cm³/mol. The quantitative estimate of drug-likeness (QED) is 0.662. The number of hydrogen-bond acceptors (Lipinski definition) is 5. The van der Waals surface area contributed by atoms with Crippen molar-refractivity contribution in [2.75, 3.05) is 6.54 Å². The lowest BCUT2D eigenvalue weighted by atomic mass is 10.1. The Morgan fingerprint density at radius 2 is 1.77 bits per heavy atom. The van der Waals surface area contributed by atoms with Crippen LogP contribution in [0.2, 0.25) is 0 Å². The average molecular weight is 406 g/mol. The smallest absolute Gasteiger partial charge is 0.251 e. The van der Waals surface area contributed by atoms with Gasteiger partial charge in [-0.1, -0.05) is 18.2 Å². The Labute approximate surface area is 161 Å². The SMILES string of the molecule is Cc1ccc(C(=O)NC[C@@H](c2cccs2)S(=O)(=O)c2cccs2)cc1C. The van der Waals surface area contributed by atoms with Gasteiger partial charge in [-0.25, -0.2) is 8.42 Å². The fourth-order valence-electron chi connectivity index (χ4n) is 2.57. The number of carbonyl (C=O) groups excluding carboxylic acids is 1. The van der Waals surface area contributed by atoms with E-state index >= 15 is 0 Å². The number of rotatable bonds is 6. The van der Waals surface area contributed by atoms with Gasteiger partial charge in [-0.05, 0) is 60.0 Å². The van der Waals surface area contributed by atoms with Crippen LogP contribution < -0.4 is 5.32 Å². The monoisotopic (exact) mass is 405 g/mol. The maximum atomic E-state index is 13.0. The van der Waals surface area contributed by atoms with Gasteiger partial charge in [0.15, 0.2) is 9.84 Å². The van der Waals surface area contributed by atoms with Crippen LogP contribution in [0, 0.1) is 13.8 Å². The first-order chi connectivity index (χ1) is 12.4. The highest BCUT2D eigenvalue weighted by atomic mass is 32.2.